The van der Waals surface area contributed by atoms with Gasteiger partial charge in [0.15, 0.2) is 6.61 Å². The molecule has 2 atom stereocenters. The van der Waals surface area contributed by atoms with E-state index in [1.54, 1.807) is 0 Å². The number of ether oxygens (including phenoxy) is 2. The largest absolute Gasteiger partial charge is 0.484 e. The molecule has 2 unspecified atom stereocenters. The molecule has 3 N–H and O–H groups in total. The molecule has 0 spiro atoms. The van der Waals surface area contributed by atoms with Gasteiger partial charge in [-0.25, -0.2) is 0 Å². The van der Waals surface area contributed by atoms with Gasteiger partial charge in [-0.05, 0) is 31.2 Å². The third-order valence-corrected chi connectivity index (χ3v) is 4.75. The quantitative estimate of drug-likeness (QED) is 0.771. The fraction of sp³-hybridized carbons (Fsp3) is 0.588. The van der Waals surface area contributed by atoms with Crippen LogP contribution in [0.25, 0.3) is 0 Å². The lowest BCUT2D eigenvalue weighted by Gasteiger charge is -2.57. The lowest BCUT2D eigenvalue weighted by Crippen LogP contribution is -2.74. The number of alkyl halides is 3. The Labute approximate surface area is 156 Å². The van der Waals surface area contributed by atoms with Crippen molar-refractivity contribution in [3.63, 3.8) is 0 Å². The van der Waals surface area contributed by atoms with Crippen molar-refractivity contribution in [1.29, 1.82) is 0 Å². The molecule has 0 radical (unpaired) electrons. The van der Waals surface area contributed by atoms with E-state index in [-0.39, 0.29) is 30.2 Å². The summed E-state index contributed by atoms with van der Waals surface area (Å²) in [6.07, 6.45) is -4.08. The lowest BCUT2D eigenvalue weighted by molar-refractivity contribution is -0.166. The van der Waals surface area contributed by atoms with E-state index < -0.39 is 23.7 Å². The lowest BCUT2D eigenvalue weighted by atomic mass is 9.54. The maximum atomic E-state index is 12.6. The van der Waals surface area contributed by atoms with E-state index in [1.165, 1.54) is 24.3 Å². The van der Waals surface area contributed by atoms with Crippen LogP contribution in [0.15, 0.2) is 24.3 Å². The molecule has 1 saturated carbocycles. The van der Waals surface area contributed by atoms with Crippen molar-refractivity contribution in [2.24, 2.45) is 11.1 Å². The minimum absolute atomic E-state index is 0. The van der Waals surface area contributed by atoms with Crippen LogP contribution in [0.5, 0.6) is 5.75 Å². The van der Waals surface area contributed by atoms with Crippen molar-refractivity contribution in [2.75, 3.05) is 18.5 Å². The van der Waals surface area contributed by atoms with Crippen LogP contribution in [0.3, 0.4) is 0 Å². The van der Waals surface area contributed by atoms with Crippen LogP contribution in [0.1, 0.15) is 27.2 Å². The third kappa shape index (κ3) is 4.61. The highest BCUT2D eigenvalue weighted by Crippen LogP contribution is 2.50. The average Bonchev–Trinajstić information content (AvgIpc) is 2.53. The normalized spacial score (nSPS) is 24.2. The number of hydrogen-bond acceptors (Lipinski definition) is 4. The Hall–Kier alpha value is -1.51. The number of nitrogens with one attached hydrogen (secondary N) is 1. The highest BCUT2D eigenvalue weighted by atomic mass is 35.5. The van der Waals surface area contributed by atoms with Gasteiger partial charge >= 0.3 is 6.18 Å². The SMILES string of the molecule is CCOC1CC(N)(C(=O)Nc2ccc(OCC(F)(F)F)cc2)C1(C)C.Cl. The number of anilines is 1. The number of nitrogens with two attached hydrogens (primary N) is 1. The van der Waals surface area contributed by atoms with Crippen LogP contribution < -0.4 is 15.8 Å². The zero-order valence-corrected chi connectivity index (χ0v) is 15.7. The van der Waals surface area contributed by atoms with E-state index in [1.807, 2.05) is 20.8 Å². The minimum Gasteiger partial charge on any atom is -0.484 e. The number of rotatable bonds is 6. The fourth-order valence-corrected chi connectivity index (χ4v) is 2.86. The summed E-state index contributed by atoms with van der Waals surface area (Å²) in [4.78, 5) is 12.6. The molecular formula is C17H24ClF3N2O3. The van der Waals surface area contributed by atoms with Crippen molar-refractivity contribution in [3.8, 4) is 5.75 Å². The van der Waals surface area contributed by atoms with Gasteiger partial charge < -0.3 is 20.5 Å². The van der Waals surface area contributed by atoms with E-state index in [0.29, 0.717) is 18.7 Å². The van der Waals surface area contributed by atoms with Crippen molar-refractivity contribution in [1.82, 2.24) is 0 Å². The standard InChI is InChI=1S/C17H23F3N2O3.ClH/c1-4-24-13-9-16(21,15(13,2)3)14(23)22-11-5-7-12(8-6-11)25-10-17(18,19)20;/h5-8,13H,4,9-10,21H2,1-3H3,(H,22,23);1H. The molecule has 1 amide bonds. The molecule has 1 aromatic rings. The Balaban J connectivity index is 0.00000338. The summed E-state index contributed by atoms with van der Waals surface area (Å²) in [7, 11) is 0. The molecule has 0 saturated heterocycles. The van der Waals surface area contributed by atoms with Gasteiger partial charge in [-0.15, -0.1) is 12.4 Å². The molecule has 26 heavy (non-hydrogen) atoms. The number of carbonyl (C=O) groups is 1. The van der Waals surface area contributed by atoms with Crippen molar-refractivity contribution in [3.05, 3.63) is 24.3 Å². The summed E-state index contributed by atoms with van der Waals surface area (Å²) < 4.78 is 46.6. The van der Waals surface area contributed by atoms with E-state index in [0.717, 1.165) is 0 Å². The van der Waals surface area contributed by atoms with Crippen molar-refractivity contribution >= 4 is 24.0 Å². The molecular weight excluding hydrogens is 373 g/mol. The van der Waals surface area contributed by atoms with Gasteiger partial charge in [-0.2, -0.15) is 13.2 Å². The molecule has 1 aliphatic rings. The van der Waals surface area contributed by atoms with Gasteiger partial charge in [0.05, 0.1) is 6.10 Å². The van der Waals surface area contributed by atoms with E-state index >= 15 is 0 Å². The minimum atomic E-state index is -4.40. The second kappa shape index (κ2) is 8.02. The van der Waals surface area contributed by atoms with Crippen LogP contribution in [0.2, 0.25) is 0 Å². The number of hydrogen-bond donors (Lipinski definition) is 2. The number of benzene rings is 1. The summed E-state index contributed by atoms with van der Waals surface area (Å²) in [5.41, 5.74) is 5.12. The van der Waals surface area contributed by atoms with Gasteiger partial charge in [0, 0.05) is 24.1 Å². The van der Waals surface area contributed by atoms with E-state index in [4.69, 9.17) is 10.5 Å². The molecule has 2 rings (SSSR count). The predicted molar refractivity (Wildman–Crippen MR) is 94.6 cm³/mol. The number of halogens is 4. The molecule has 1 aliphatic carbocycles. The zero-order chi connectivity index (χ0) is 18.9. The van der Waals surface area contributed by atoms with E-state index in [9.17, 15) is 18.0 Å². The third-order valence-electron chi connectivity index (χ3n) is 4.75. The first kappa shape index (κ1) is 22.5. The van der Waals surface area contributed by atoms with Gasteiger partial charge in [0.1, 0.15) is 11.3 Å². The summed E-state index contributed by atoms with van der Waals surface area (Å²) in [6, 6.07) is 5.66. The summed E-state index contributed by atoms with van der Waals surface area (Å²) in [6.45, 7) is 4.83. The molecule has 0 bridgehead atoms. The van der Waals surface area contributed by atoms with Gasteiger partial charge in [0.25, 0.3) is 0 Å². The van der Waals surface area contributed by atoms with E-state index in [2.05, 4.69) is 10.1 Å². The van der Waals surface area contributed by atoms with Crippen LogP contribution in [0, 0.1) is 5.41 Å². The maximum Gasteiger partial charge on any atom is 0.422 e. The highest BCUT2D eigenvalue weighted by molar-refractivity contribution is 5.99. The number of carbonyl (C=O) groups excluding carboxylic acids is 1. The molecule has 5 nitrogen and oxygen atoms in total. The van der Waals surface area contributed by atoms with Crippen molar-refractivity contribution < 1.29 is 27.4 Å². The molecule has 0 aliphatic heterocycles. The van der Waals surface area contributed by atoms with Gasteiger partial charge in [-0.1, -0.05) is 13.8 Å². The predicted octanol–water partition coefficient (Wildman–Crippen LogP) is 3.52. The van der Waals surface area contributed by atoms with Crippen LogP contribution >= 0.6 is 12.4 Å². The summed E-state index contributed by atoms with van der Waals surface area (Å²) in [5, 5.41) is 2.70. The zero-order valence-electron chi connectivity index (χ0n) is 14.9. The van der Waals surface area contributed by atoms with Crippen LogP contribution in [0.4, 0.5) is 18.9 Å². The Morgan fingerprint density at radius 1 is 1.31 bits per heavy atom. The second-order valence-corrected chi connectivity index (χ2v) is 6.72. The monoisotopic (exact) mass is 396 g/mol. The maximum absolute atomic E-state index is 12.6. The fourth-order valence-electron chi connectivity index (χ4n) is 2.86. The van der Waals surface area contributed by atoms with Gasteiger partial charge in [-0.3, -0.25) is 4.79 Å². The first-order chi connectivity index (χ1) is 11.5. The molecule has 148 valence electrons. The molecule has 0 aromatic heterocycles. The molecule has 1 fully saturated rings. The topological polar surface area (TPSA) is 73.6 Å². The average molecular weight is 397 g/mol. The molecule has 9 heteroatoms. The first-order valence-corrected chi connectivity index (χ1v) is 8.01. The van der Waals surface area contributed by atoms with Gasteiger partial charge in [0.2, 0.25) is 5.91 Å². The molecule has 1 aromatic carbocycles. The Morgan fingerprint density at radius 2 is 1.88 bits per heavy atom. The summed E-state index contributed by atoms with van der Waals surface area (Å²) >= 11 is 0. The Morgan fingerprint density at radius 3 is 2.35 bits per heavy atom. The molecule has 0 heterocycles. The van der Waals surface area contributed by atoms with Crippen LogP contribution in [-0.4, -0.2) is 36.9 Å². The number of amides is 1. The van der Waals surface area contributed by atoms with Crippen molar-refractivity contribution in [2.45, 2.75) is 45.0 Å². The highest BCUT2D eigenvalue weighted by Gasteiger charge is 2.62. The smallest absolute Gasteiger partial charge is 0.422 e. The first-order valence-electron chi connectivity index (χ1n) is 8.01. The Kier molecular flexibility index (Phi) is 6.95. The Bertz CT molecular complexity index is 623. The summed E-state index contributed by atoms with van der Waals surface area (Å²) in [5.74, 6) is -0.282. The van der Waals surface area contributed by atoms with Crippen LogP contribution in [-0.2, 0) is 9.53 Å². The second-order valence-electron chi connectivity index (χ2n) is 6.72.